The number of imide groups is 1. The Hall–Kier alpha value is -2.25. The number of nitrogens with one attached hydrogen (secondary N) is 3. The zero-order valence-electron chi connectivity index (χ0n) is 10.8. The summed E-state index contributed by atoms with van der Waals surface area (Å²) in [5, 5.41) is 7.38. The fraction of sp³-hybridized carbons (Fsp3) is 0.417. The topological polar surface area (TPSA) is 83.1 Å². The number of carbonyl (C=O) groups excluding carboxylic acids is 2. The number of piperidine rings is 1. The first-order valence-corrected chi connectivity index (χ1v) is 6.21. The molecule has 1 unspecified atom stereocenters. The van der Waals surface area contributed by atoms with Crippen molar-refractivity contribution in [3.05, 3.63) is 17.7 Å². The summed E-state index contributed by atoms with van der Waals surface area (Å²) in [5.41, 5.74) is 0. The molecule has 8 heteroatoms. The zero-order valence-corrected chi connectivity index (χ0v) is 10.8. The lowest BCUT2D eigenvalue weighted by Crippen LogP contribution is -2.47. The minimum atomic E-state index is -0.895. The average molecular weight is 284 g/mol. The normalized spacial score (nSPS) is 18.6. The molecule has 0 saturated carbocycles. The van der Waals surface area contributed by atoms with Crippen LogP contribution >= 0.6 is 0 Å². The Morgan fingerprint density at radius 3 is 2.70 bits per heavy atom. The first kappa shape index (κ1) is 14.2. The third kappa shape index (κ3) is 3.01. The second-order valence-corrected chi connectivity index (χ2v) is 4.33. The van der Waals surface area contributed by atoms with Crippen molar-refractivity contribution in [2.45, 2.75) is 25.8 Å². The Balaban J connectivity index is 2.18. The van der Waals surface area contributed by atoms with E-state index in [0.29, 0.717) is 12.6 Å². The second kappa shape index (κ2) is 5.81. The van der Waals surface area contributed by atoms with Gasteiger partial charge in [0.2, 0.25) is 11.8 Å². The predicted octanol–water partition coefficient (Wildman–Crippen LogP) is 1.01. The van der Waals surface area contributed by atoms with Gasteiger partial charge < -0.3 is 10.6 Å². The van der Waals surface area contributed by atoms with Crippen LogP contribution in [0.3, 0.4) is 0 Å². The lowest BCUT2D eigenvalue weighted by atomic mass is 10.1. The predicted molar refractivity (Wildman–Crippen MR) is 68.1 cm³/mol. The van der Waals surface area contributed by atoms with Crippen molar-refractivity contribution < 1.29 is 18.4 Å². The van der Waals surface area contributed by atoms with Gasteiger partial charge in [0.15, 0.2) is 23.3 Å². The smallest absolute Gasteiger partial charge is 0.249 e. The molecule has 1 aliphatic heterocycles. The number of rotatable bonds is 4. The minimum absolute atomic E-state index is 0.0938. The number of hydrogen-bond donors (Lipinski definition) is 3. The van der Waals surface area contributed by atoms with E-state index in [1.807, 2.05) is 0 Å². The van der Waals surface area contributed by atoms with Crippen molar-refractivity contribution in [2.24, 2.45) is 0 Å². The molecule has 1 aromatic heterocycles. The first-order chi connectivity index (χ1) is 9.51. The molecule has 1 saturated heterocycles. The number of pyridine rings is 1. The van der Waals surface area contributed by atoms with Gasteiger partial charge in [-0.05, 0) is 13.3 Å². The Kier molecular flexibility index (Phi) is 4.11. The molecule has 1 fully saturated rings. The summed E-state index contributed by atoms with van der Waals surface area (Å²) in [6.45, 7) is 2.17. The summed E-state index contributed by atoms with van der Waals surface area (Å²) in [6, 6.07) is -0.0752. The number of nitrogens with zero attached hydrogens (tertiary/aromatic N) is 1. The Morgan fingerprint density at radius 2 is 2.05 bits per heavy atom. The Labute approximate surface area is 114 Å². The maximum absolute atomic E-state index is 13.6. The highest BCUT2D eigenvalue weighted by molar-refractivity contribution is 6.01. The Bertz CT molecular complexity index is 551. The third-order valence-corrected chi connectivity index (χ3v) is 2.82. The fourth-order valence-corrected chi connectivity index (χ4v) is 1.86. The van der Waals surface area contributed by atoms with Crippen LogP contribution in [0.25, 0.3) is 0 Å². The average Bonchev–Trinajstić information content (AvgIpc) is 2.38. The highest BCUT2D eigenvalue weighted by atomic mass is 19.1. The van der Waals surface area contributed by atoms with Crippen LogP contribution in [-0.2, 0) is 9.59 Å². The summed E-state index contributed by atoms with van der Waals surface area (Å²) in [7, 11) is 0. The minimum Gasteiger partial charge on any atom is -0.368 e. The van der Waals surface area contributed by atoms with Crippen LogP contribution in [-0.4, -0.2) is 29.4 Å². The quantitative estimate of drug-likeness (QED) is 0.719. The molecule has 6 nitrogen and oxygen atoms in total. The number of aromatic nitrogens is 1. The van der Waals surface area contributed by atoms with E-state index in [-0.39, 0.29) is 30.4 Å². The SMILES string of the molecule is CCNc1nc(NC2CCC(=O)NC2=O)c(F)cc1F. The third-order valence-electron chi connectivity index (χ3n) is 2.82. The highest BCUT2D eigenvalue weighted by Gasteiger charge is 2.27. The molecule has 0 spiro atoms. The van der Waals surface area contributed by atoms with Crippen LogP contribution in [0.2, 0.25) is 0 Å². The lowest BCUT2D eigenvalue weighted by molar-refractivity contribution is -0.133. The van der Waals surface area contributed by atoms with Gasteiger partial charge in [-0.1, -0.05) is 0 Å². The van der Waals surface area contributed by atoms with Gasteiger partial charge in [0, 0.05) is 19.0 Å². The van der Waals surface area contributed by atoms with E-state index >= 15 is 0 Å². The summed E-state index contributed by atoms with van der Waals surface area (Å²) < 4.78 is 27.0. The molecule has 0 aliphatic carbocycles. The van der Waals surface area contributed by atoms with Crippen LogP contribution < -0.4 is 16.0 Å². The molecule has 0 bridgehead atoms. The van der Waals surface area contributed by atoms with Gasteiger partial charge in [-0.25, -0.2) is 13.8 Å². The van der Waals surface area contributed by atoms with Gasteiger partial charge in [-0.15, -0.1) is 0 Å². The van der Waals surface area contributed by atoms with Crippen LogP contribution in [0.15, 0.2) is 6.07 Å². The van der Waals surface area contributed by atoms with Crippen LogP contribution in [0.1, 0.15) is 19.8 Å². The fourth-order valence-electron chi connectivity index (χ4n) is 1.86. The van der Waals surface area contributed by atoms with Crippen molar-refractivity contribution in [3.8, 4) is 0 Å². The molecule has 3 N–H and O–H groups in total. The van der Waals surface area contributed by atoms with Crippen LogP contribution in [0.5, 0.6) is 0 Å². The van der Waals surface area contributed by atoms with Crippen molar-refractivity contribution in [1.29, 1.82) is 0 Å². The monoisotopic (exact) mass is 284 g/mol. The van der Waals surface area contributed by atoms with Gasteiger partial charge in [0.05, 0.1) is 0 Å². The maximum atomic E-state index is 13.6. The molecular formula is C12H14F2N4O2. The van der Waals surface area contributed by atoms with Crippen molar-refractivity contribution in [2.75, 3.05) is 17.2 Å². The van der Waals surface area contributed by atoms with E-state index in [2.05, 4.69) is 20.9 Å². The zero-order chi connectivity index (χ0) is 14.7. The van der Waals surface area contributed by atoms with Gasteiger partial charge in [0.1, 0.15) is 6.04 Å². The number of amides is 2. The summed E-state index contributed by atoms with van der Waals surface area (Å²) in [6.07, 6.45) is 0.395. The number of hydrogen-bond acceptors (Lipinski definition) is 5. The molecule has 108 valence electrons. The number of carbonyl (C=O) groups is 2. The molecule has 0 radical (unpaired) electrons. The molecule has 2 amide bonds. The standard InChI is InChI=1S/C12H14F2N4O2/c1-2-15-10-6(13)5-7(14)11(18-10)16-8-3-4-9(19)17-12(8)20/h5,8H,2-4H2,1H3,(H2,15,16,18)(H,17,19,20). The van der Waals surface area contributed by atoms with E-state index in [0.717, 1.165) is 0 Å². The maximum Gasteiger partial charge on any atom is 0.249 e. The van der Waals surface area contributed by atoms with E-state index < -0.39 is 23.6 Å². The molecule has 1 aromatic rings. The number of halogens is 2. The van der Waals surface area contributed by atoms with Gasteiger partial charge >= 0.3 is 0 Å². The molecule has 1 atom stereocenters. The Morgan fingerprint density at radius 1 is 1.35 bits per heavy atom. The van der Waals surface area contributed by atoms with E-state index in [1.165, 1.54) is 0 Å². The molecule has 0 aromatic carbocycles. The molecule has 1 aliphatic rings. The van der Waals surface area contributed by atoms with Crippen LogP contribution in [0.4, 0.5) is 20.4 Å². The molecule has 2 heterocycles. The first-order valence-electron chi connectivity index (χ1n) is 6.21. The van der Waals surface area contributed by atoms with E-state index in [1.54, 1.807) is 6.92 Å². The second-order valence-electron chi connectivity index (χ2n) is 4.33. The van der Waals surface area contributed by atoms with Gasteiger partial charge in [0.25, 0.3) is 0 Å². The lowest BCUT2D eigenvalue weighted by Gasteiger charge is -2.22. The van der Waals surface area contributed by atoms with Gasteiger partial charge in [-0.2, -0.15) is 0 Å². The van der Waals surface area contributed by atoms with Crippen LogP contribution in [0, 0.1) is 11.6 Å². The summed E-state index contributed by atoms with van der Waals surface area (Å²) >= 11 is 0. The summed E-state index contributed by atoms with van der Waals surface area (Å²) in [5.74, 6) is -2.93. The molecule has 20 heavy (non-hydrogen) atoms. The van der Waals surface area contributed by atoms with E-state index in [9.17, 15) is 18.4 Å². The summed E-state index contributed by atoms with van der Waals surface area (Å²) in [4.78, 5) is 26.3. The van der Waals surface area contributed by atoms with E-state index in [4.69, 9.17) is 0 Å². The van der Waals surface area contributed by atoms with Crippen molar-refractivity contribution in [3.63, 3.8) is 0 Å². The number of anilines is 2. The highest BCUT2D eigenvalue weighted by Crippen LogP contribution is 2.21. The van der Waals surface area contributed by atoms with Crippen molar-refractivity contribution >= 4 is 23.5 Å². The molecule has 2 rings (SSSR count). The van der Waals surface area contributed by atoms with Gasteiger partial charge in [-0.3, -0.25) is 14.9 Å². The largest absolute Gasteiger partial charge is 0.368 e. The van der Waals surface area contributed by atoms with Crippen molar-refractivity contribution in [1.82, 2.24) is 10.3 Å². The molecular weight excluding hydrogens is 270 g/mol.